The van der Waals surface area contributed by atoms with E-state index >= 15 is 0 Å². The molecule has 1 unspecified atom stereocenters. The summed E-state index contributed by atoms with van der Waals surface area (Å²) in [6.07, 6.45) is 4.51. The molecule has 0 aliphatic carbocycles. The number of aromatic nitrogens is 2. The number of nitrogens with one attached hydrogen (secondary N) is 1. The van der Waals surface area contributed by atoms with Crippen molar-refractivity contribution in [2.45, 2.75) is 46.1 Å². The lowest BCUT2D eigenvalue weighted by molar-refractivity contribution is 0.600. The fraction of sp³-hybridized carbons (Fsp3) is 0.471. The van der Waals surface area contributed by atoms with Gasteiger partial charge in [-0.25, -0.2) is 4.98 Å². The number of anilines is 1. The molecule has 0 amide bonds. The topological polar surface area (TPSA) is 29.9 Å². The summed E-state index contributed by atoms with van der Waals surface area (Å²) in [5.41, 5.74) is 2.45. The van der Waals surface area contributed by atoms with Crippen molar-refractivity contribution in [1.29, 1.82) is 0 Å². The lowest BCUT2D eigenvalue weighted by Crippen LogP contribution is -2.11. The van der Waals surface area contributed by atoms with Crippen LogP contribution in [-0.2, 0) is 6.54 Å². The number of hydrogen-bond acceptors (Lipinski definition) is 2. The van der Waals surface area contributed by atoms with Crippen LogP contribution in [0, 0.1) is 6.92 Å². The highest BCUT2D eigenvalue weighted by molar-refractivity contribution is 5.29. The van der Waals surface area contributed by atoms with E-state index in [0.29, 0.717) is 5.92 Å². The molecule has 0 radical (unpaired) electrons. The first-order valence-electron chi connectivity index (χ1n) is 7.53. The van der Waals surface area contributed by atoms with Crippen molar-refractivity contribution >= 4 is 5.95 Å². The fourth-order valence-electron chi connectivity index (χ4n) is 2.39. The van der Waals surface area contributed by atoms with Crippen molar-refractivity contribution < 1.29 is 0 Å². The average Bonchev–Trinajstić information content (AvgIpc) is 2.80. The molecule has 0 saturated carbocycles. The van der Waals surface area contributed by atoms with Crippen LogP contribution in [0.4, 0.5) is 5.95 Å². The van der Waals surface area contributed by atoms with Crippen molar-refractivity contribution in [2.75, 3.05) is 11.9 Å². The Morgan fingerprint density at radius 1 is 1.25 bits per heavy atom. The zero-order valence-corrected chi connectivity index (χ0v) is 12.8. The number of hydrogen-bond donors (Lipinski definition) is 1. The molecule has 2 aromatic rings. The monoisotopic (exact) mass is 271 g/mol. The van der Waals surface area contributed by atoms with E-state index in [2.05, 4.69) is 72.2 Å². The lowest BCUT2D eigenvalue weighted by atomic mass is 10.0. The van der Waals surface area contributed by atoms with Crippen LogP contribution in [0.2, 0.25) is 0 Å². The molecule has 20 heavy (non-hydrogen) atoms. The maximum absolute atomic E-state index is 4.58. The molecular weight excluding hydrogens is 246 g/mol. The minimum atomic E-state index is 0.483. The number of rotatable bonds is 7. The van der Waals surface area contributed by atoms with Gasteiger partial charge in [0.25, 0.3) is 0 Å². The van der Waals surface area contributed by atoms with E-state index < -0.39 is 0 Å². The molecule has 0 aliphatic rings. The molecule has 1 N–H and O–H groups in total. The Bertz CT molecular complexity index is 516. The molecule has 0 saturated heterocycles. The van der Waals surface area contributed by atoms with Crippen LogP contribution in [-0.4, -0.2) is 16.1 Å². The first-order chi connectivity index (χ1) is 9.70. The molecule has 0 aliphatic heterocycles. The van der Waals surface area contributed by atoms with Crippen LogP contribution in [0.5, 0.6) is 0 Å². The molecule has 0 spiro atoms. The third-order valence-corrected chi connectivity index (χ3v) is 3.55. The Hall–Kier alpha value is -1.77. The van der Waals surface area contributed by atoms with Crippen molar-refractivity contribution in [3.8, 4) is 0 Å². The van der Waals surface area contributed by atoms with Gasteiger partial charge in [0.15, 0.2) is 0 Å². The fourth-order valence-corrected chi connectivity index (χ4v) is 2.39. The van der Waals surface area contributed by atoms with Crippen molar-refractivity contribution in [2.24, 2.45) is 0 Å². The molecule has 1 heterocycles. The number of aryl methyl sites for hydroxylation is 1. The maximum Gasteiger partial charge on any atom is 0.203 e. The van der Waals surface area contributed by atoms with Gasteiger partial charge in [0.05, 0.1) is 5.69 Å². The van der Waals surface area contributed by atoms with E-state index in [1.54, 1.807) is 0 Å². The smallest absolute Gasteiger partial charge is 0.203 e. The highest BCUT2D eigenvalue weighted by Crippen LogP contribution is 2.19. The quantitative estimate of drug-likeness (QED) is 0.765. The van der Waals surface area contributed by atoms with E-state index in [0.717, 1.165) is 24.7 Å². The van der Waals surface area contributed by atoms with Gasteiger partial charge in [0.1, 0.15) is 0 Å². The van der Waals surface area contributed by atoms with Gasteiger partial charge < -0.3 is 9.88 Å². The van der Waals surface area contributed by atoms with E-state index in [1.165, 1.54) is 18.4 Å². The molecule has 2 rings (SSSR count). The van der Waals surface area contributed by atoms with E-state index in [1.807, 2.05) is 0 Å². The summed E-state index contributed by atoms with van der Waals surface area (Å²) < 4.78 is 2.24. The van der Waals surface area contributed by atoms with E-state index in [-0.39, 0.29) is 0 Å². The SMILES string of the molecule is CCCCNc1nc(C)cn1CC(C)c1ccccc1. The minimum absolute atomic E-state index is 0.483. The highest BCUT2D eigenvalue weighted by atomic mass is 15.2. The lowest BCUT2D eigenvalue weighted by Gasteiger charge is -2.15. The standard InChI is InChI=1S/C17H25N3/c1-4-5-11-18-17-19-15(3)13-20(17)12-14(2)16-9-7-6-8-10-16/h6-10,13-14H,4-5,11-12H2,1-3H3,(H,18,19). The molecule has 1 aromatic carbocycles. The summed E-state index contributed by atoms with van der Waals surface area (Å²) >= 11 is 0. The largest absolute Gasteiger partial charge is 0.356 e. The molecular formula is C17H25N3. The summed E-state index contributed by atoms with van der Waals surface area (Å²) in [6, 6.07) is 10.7. The number of benzene rings is 1. The molecule has 108 valence electrons. The first-order valence-corrected chi connectivity index (χ1v) is 7.53. The Kier molecular flexibility index (Phi) is 5.22. The summed E-state index contributed by atoms with van der Waals surface area (Å²) in [6.45, 7) is 8.47. The summed E-state index contributed by atoms with van der Waals surface area (Å²) in [7, 11) is 0. The third kappa shape index (κ3) is 3.86. The summed E-state index contributed by atoms with van der Waals surface area (Å²) in [4.78, 5) is 4.58. The van der Waals surface area contributed by atoms with Crippen LogP contribution in [0.15, 0.2) is 36.5 Å². The maximum atomic E-state index is 4.58. The zero-order chi connectivity index (χ0) is 14.4. The van der Waals surface area contributed by atoms with Crippen molar-refractivity contribution in [3.63, 3.8) is 0 Å². The second-order valence-electron chi connectivity index (χ2n) is 5.45. The van der Waals surface area contributed by atoms with Crippen LogP contribution < -0.4 is 5.32 Å². The van der Waals surface area contributed by atoms with Crippen LogP contribution in [0.25, 0.3) is 0 Å². The van der Waals surface area contributed by atoms with E-state index in [9.17, 15) is 0 Å². The van der Waals surface area contributed by atoms with Gasteiger partial charge in [0, 0.05) is 19.3 Å². The van der Waals surface area contributed by atoms with Gasteiger partial charge in [-0.2, -0.15) is 0 Å². The van der Waals surface area contributed by atoms with Crippen LogP contribution in [0.1, 0.15) is 43.9 Å². The zero-order valence-electron chi connectivity index (χ0n) is 12.8. The van der Waals surface area contributed by atoms with Gasteiger partial charge in [0.2, 0.25) is 5.95 Å². The second-order valence-corrected chi connectivity index (χ2v) is 5.45. The molecule has 0 bridgehead atoms. The highest BCUT2D eigenvalue weighted by Gasteiger charge is 2.10. The number of imidazole rings is 1. The van der Waals surface area contributed by atoms with Crippen molar-refractivity contribution in [3.05, 3.63) is 47.8 Å². The molecule has 0 fully saturated rings. The van der Waals surface area contributed by atoms with E-state index in [4.69, 9.17) is 0 Å². The minimum Gasteiger partial charge on any atom is -0.356 e. The van der Waals surface area contributed by atoms with Gasteiger partial charge in [-0.05, 0) is 24.8 Å². The summed E-state index contributed by atoms with van der Waals surface area (Å²) in [5.74, 6) is 1.48. The first kappa shape index (κ1) is 14.6. The van der Waals surface area contributed by atoms with Gasteiger partial charge >= 0.3 is 0 Å². The second kappa shape index (κ2) is 7.13. The van der Waals surface area contributed by atoms with Gasteiger partial charge in [-0.15, -0.1) is 0 Å². The van der Waals surface area contributed by atoms with Crippen molar-refractivity contribution in [1.82, 2.24) is 9.55 Å². The Labute approximate surface area is 122 Å². The van der Waals surface area contributed by atoms with Gasteiger partial charge in [-0.3, -0.25) is 0 Å². The predicted octanol–water partition coefficient (Wildman–Crippen LogP) is 4.21. The van der Waals surface area contributed by atoms with Crippen LogP contribution in [0.3, 0.4) is 0 Å². The molecule has 1 atom stereocenters. The Balaban J connectivity index is 2.05. The normalized spacial score (nSPS) is 12.3. The summed E-state index contributed by atoms with van der Waals surface area (Å²) in [5, 5.41) is 3.44. The molecule has 1 aromatic heterocycles. The average molecular weight is 271 g/mol. The molecule has 3 nitrogen and oxygen atoms in total. The Morgan fingerprint density at radius 2 is 2.00 bits per heavy atom. The third-order valence-electron chi connectivity index (χ3n) is 3.55. The van der Waals surface area contributed by atoms with Gasteiger partial charge in [-0.1, -0.05) is 50.6 Å². The predicted molar refractivity (Wildman–Crippen MR) is 85.2 cm³/mol. The molecule has 3 heteroatoms. The van der Waals surface area contributed by atoms with Crippen LogP contribution >= 0.6 is 0 Å². The number of nitrogens with zero attached hydrogens (tertiary/aromatic N) is 2. The number of unbranched alkanes of at least 4 members (excludes halogenated alkanes) is 1. The Morgan fingerprint density at radius 3 is 2.70 bits per heavy atom.